The molecule has 0 aromatic carbocycles. The molecule has 0 radical (unpaired) electrons. The second kappa shape index (κ2) is 66.7. The van der Waals surface area contributed by atoms with E-state index in [-0.39, 0.29) is 31.1 Å². The average Bonchev–Trinajstić information content (AvgIpc) is 3.43. The summed E-state index contributed by atoms with van der Waals surface area (Å²) in [5, 5.41) is 0. The fraction of sp³-hybridized carbons (Fsp3) is 0.930. The predicted molar refractivity (Wildman–Crippen MR) is 335 cm³/mol. The van der Waals surface area contributed by atoms with E-state index < -0.39 is 6.10 Å². The molecular formula is C71H136O6. The topological polar surface area (TPSA) is 78.9 Å². The minimum Gasteiger partial charge on any atom is -0.462 e. The van der Waals surface area contributed by atoms with Crippen LogP contribution in [0.25, 0.3) is 0 Å². The SMILES string of the molecule is CCCCCCCC/C=C\CCCCCCCCCCCC(=O)OC(COC(=O)CCCCCCCCCCCCCCCCCC)COC(=O)CCCCCCCCCCCCCCCCCCCCCCCCCC. The molecule has 77 heavy (non-hydrogen) atoms. The number of rotatable bonds is 66. The van der Waals surface area contributed by atoms with Gasteiger partial charge in [-0.05, 0) is 44.9 Å². The molecule has 0 saturated heterocycles. The molecule has 0 rings (SSSR count). The van der Waals surface area contributed by atoms with Gasteiger partial charge in [-0.25, -0.2) is 0 Å². The molecule has 0 bridgehead atoms. The number of carbonyl (C=O) groups excluding carboxylic acids is 3. The summed E-state index contributed by atoms with van der Waals surface area (Å²) in [7, 11) is 0. The largest absolute Gasteiger partial charge is 0.462 e. The first kappa shape index (κ1) is 75.2. The van der Waals surface area contributed by atoms with Crippen molar-refractivity contribution in [1.82, 2.24) is 0 Å². The van der Waals surface area contributed by atoms with Crippen molar-refractivity contribution in [2.24, 2.45) is 0 Å². The first-order valence-corrected chi connectivity index (χ1v) is 35.2. The maximum atomic E-state index is 12.9. The van der Waals surface area contributed by atoms with Gasteiger partial charge in [-0.1, -0.05) is 354 Å². The summed E-state index contributed by atoms with van der Waals surface area (Å²) in [5.74, 6) is -0.829. The van der Waals surface area contributed by atoms with Gasteiger partial charge in [-0.2, -0.15) is 0 Å². The van der Waals surface area contributed by atoms with E-state index in [9.17, 15) is 14.4 Å². The van der Waals surface area contributed by atoms with Crippen LogP contribution in [0.15, 0.2) is 12.2 Å². The number of allylic oxidation sites excluding steroid dienone is 2. The highest BCUT2D eigenvalue weighted by Crippen LogP contribution is 2.19. The minimum absolute atomic E-state index is 0.0637. The van der Waals surface area contributed by atoms with Crippen LogP contribution in [0, 0.1) is 0 Å². The number of carbonyl (C=O) groups is 3. The van der Waals surface area contributed by atoms with Gasteiger partial charge in [0.05, 0.1) is 0 Å². The monoisotopic (exact) mass is 1090 g/mol. The summed E-state index contributed by atoms with van der Waals surface area (Å²) in [5.41, 5.74) is 0. The summed E-state index contributed by atoms with van der Waals surface area (Å²) in [6.45, 7) is 6.73. The molecule has 1 atom stereocenters. The summed E-state index contributed by atoms with van der Waals surface area (Å²) >= 11 is 0. The van der Waals surface area contributed by atoms with Crippen LogP contribution in [0.1, 0.15) is 406 Å². The predicted octanol–water partition coefficient (Wildman–Crippen LogP) is 24.0. The minimum atomic E-state index is -0.767. The highest BCUT2D eigenvalue weighted by atomic mass is 16.6. The van der Waals surface area contributed by atoms with Crippen molar-refractivity contribution in [3.63, 3.8) is 0 Å². The molecule has 1 unspecified atom stereocenters. The van der Waals surface area contributed by atoms with E-state index in [4.69, 9.17) is 14.2 Å². The molecule has 0 aliphatic rings. The van der Waals surface area contributed by atoms with Crippen molar-refractivity contribution in [3.8, 4) is 0 Å². The van der Waals surface area contributed by atoms with Crippen LogP contribution in [0.5, 0.6) is 0 Å². The second-order valence-electron chi connectivity index (χ2n) is 24.2. The van der Waals surface area contributed by atoms with Gasteiger partial charge in [0.25, 0.3) is 0 Å². The van der Waals surface area contributed by atoms with Gasteiger partial charge in [0.2, 0.25) is 0 Å². The van der Waals surface area contributed by atoms with Crippen molar-refractivity contribution < 1.29 is 28.6 Å². The number of hydrogen-bond donors (Lipinski definition) is 0. The third-order valence-electron chi connectivity index (χ3n) is 16.3. The highest BCUT2D eigenvalue weighted by molar-refractivity contribution is 5.71. The lowest BCUT2D eigenvalue weighted by molar-refractivity contribution is -0.167. The van der Waals surface area contributed by atoms with E-state index in [1.165, 1.54) is 308 Å². The Hall–Kier alpha value is -1.85. The lowest BCUT2D eigenvalue weighted by Crippen LogP contribution is -2.30. The quantitative estimate of drug-likeness (QED) is 0.0261. The van der Waals surface area contributed by atoms with Crippen molar-refractivity contribution >= 4 is 17.9 Å². The molecule has 0 aromatic heterocycles. The van der Waals surface area contributed by atoms with Crippen molar-refractivity contribution in [3.05, 3.63) is 12.2 Å². The molecule has 0 aliphatic heterocycles. The van der Waals surface area contributed by atoms with Crippen LogP contribution in [-0.4, -0.2) is 37.2 Å². The van der Waals surface area contributed by atoms with Crippen LogP contribution >= 0.6 is 0 Å². The zero-order valence-electron chi connectivity index (χ0n) is 52.5. The van der Waals surface area contributed by atoms with E-state index >= 15 is 0 Å². The molecule has 6 heteroatoms. The lowest BCUT2D eigenvalue weighted by atomic mass is 10.0. The number of ether oxygens (including phenoxy) is 3. The Bertz CT molecular complexity index is 1200. The fourth-order valence-electron chi connectivity index (χ4n) is 11.0. The Morgan fingerprint density at radius 2 is 0.429 bits per heavy atom. The van der Waals surface area contributed by atoms with E-state index in [1.54, 1.807) is 0 Å². The second-order valence-corrected chi connectivity index (χ2v) is 24.2. The summed E-state index contributed by atoms with van der Waals surface area (Å²) in [4.78, 5) is 38.4. The Labute approximate surface area is 481 Å². The van der Waals surface area contributed by atoms with Gasteiger partial charge in [-0.3, -0.25) is 14.4 Å². The molecule has 456 valence electrons. The van der Waals surface area contributed by atoms with Crippen LogP contribution in [0.3, 0.4) is 0 Å². The van der Waals surface area contributed by atoms with Gasteiger partial charge in [0, 0.05) is 19.3 Å². The molecule has 0 N–H and O–H groups in total. The van der Waals surface area contributed by atoms with E-state index in [1.807, 2.05) is 0 Å². The molecule has 0 aromatic rings. The molecule has 0 fully saturated rings. The summed E-state index contributed by atoms with van der Waals surface area (Å²) in [6.07, 6.45) is 79.5. The van der Waals surface area contributed by atoms with Gasteiger partial charge in [0.1, 0.15) is 13.2 Å². The molecule has 0 amide bonds. The molecule has 0 saturated carbocycles. The van der Waals surface area contributed by atoms with Crippen LogP contribution < -0.4 is 0 Å². The van der Waals surface area contributed by atoms with Gasteiger partial charge in [-0.15, -0.1) is 0 Å². The van der Waals surface area contributed by atoms with Crippen molar-refractivity contribution in [2.75, 3.05) is 13.2 Å². The Balaban J connectivity index is 4.25. The average molecular weight is 1090 g/mol. The smallest absolute Gasteiger partial charge is 0.306 e. The Morgan fingerprint density at radius 1 is 0.247 bits per heavy atom. The van der Waals surface area contributed by atoms with Crippen LogP contribution in [-0.2, 0) is 28.6 Å². The fourth-order valence-corrected chi connectivity index (χ4v) is 11.0. The van der Waals surface area contributed by atoms with Gasteiger partial charge in [0.15, 0.2) is 6.10 Å². The lowest BCUT2D eigenvalue weighted by Gasteiger charge is -2.18. The maximum absolute atomic E-state index is 12.9. The third-order valence-corrected chi connectivity index (χ3v) is 16.3. The molecule has 6 nitrogen and oxygen atoms in total. The summed E-state index contributed by atoms with van der Waals surface area (Å²) in [6, 6.07) is 0. The first-order chi connectivity index (χ1) is 38.0. The van der Waals surface area contributed by atoms with Crippen molar-refractivity contribution in [1.29, 1.82) is 0 Å². The standard InChI is InChI=1S/C71H136O6/c1-4-7-10-13-16-19-22-25-28-31-33-34-35-36-37-39-40-43-46-49-52-55-58-61-64-70(73)76-67-68(66-75-69(72)63-60-57-54-51-48-45-42-30-27-24-21-18-15-12-9-6-3)77-71(74)65-62-59-56-53-50-47-44-41-38-32-29-26-23-20-17-14-11-8-5-2/h26,29,68H,4-25,27-28,30-67H2,1-3H3/b29-26-. The zero-order valence-corrected chi connectivity index (χ0v) is 52.5. The molecule has 0 spiro atoms. The summed E-state index contributed by atoms with van der Waals surface area (Å²) < 4.78 is 17.0. The van der Waals surface area contributed by atoms with Crippen molar-refractivity contribution in [2.45, 2.75) is 412 Å². The number of esters is 3. The Morgan fingerprint density at radius 3 is 0.649 bits per heavy atom. The maximum Gasteiger partial charge on any atom is 0.306 e. The number of unbranched alkanes of at least 4 members (excludes halogenated alkanes) is 53. The molecule has 0 heterocycles. The Kier molecular flexibility index (Phi) is 65.1. The first-order valence-electron chi connectivity index (χ1n) is 35.2. The van der Waals surface area contributed by atoms with Crippen LogP contribution in [0.2, 0.25) is 0 Å². The van der Waals surface area contributed by atoms with Gasteiger partial charge < -0.3 is 14.2 Å². The normalized spacial score (nSPS) is 12.0. The van der Waals surface area contributed by atoms with E-state index in [0.717, 1.165) is 57.8 Å². The number of hydrogen-bond acceptors (Lipinski definition) is 6. The van der Waals surface area contributed by atoms with Gasteiger partial charge >= 0.3 is 17.9 Å². The zero-order chi connectivity index (χ0) is 55.7. The van der Waals surface area contributed by atoms with Crippen LogP contribution in [0.4, 0.5) is 0 Å². The van der Waals surface area contributed by atoms with E-state index in [2.05, 4.69) is 32.9 Å². The highest BCUT2D eigenvalue weighted by Gasteiger charge is 2.19. The molecular weight excluding hydrogens is 949 g/mol. The van der Waals surface area contributed by atoms with E-state index in [0.29, 0.717) is 19.3 Å². The third kappa shape index (κ3) is 64.9. The molecule has 0 aliphatic carbocycles.